The summed E-state index contributed by atoms with van der Waals surface area (Å²) in [6.45, 7) is 6.32. The fourth-order valence-electron chi connectivity index (χ4n) is 4.60. The van der Waals surface area contributed by atoms with Crippen LogP contribution in [-0.4, -0.2) is 34.9 Å². The highest BCUT2D eigenvalue weighted by Gasteiger charge is 2.22. The van der Waals surface area contributed by atoms with Crippen LogP contribution in [0.2, 0.25) is 0 Å². The second kappa shape index (κ2) is 9.41. The maximum absolute atomic E-state index is 14.3. The maximum atomic E-state index is 14.3. The van der Waals surface area contributed by atoms with Crippen LogP contribution in [0.4, 0.5) is 4.39 Å². The Kier molecular flexibility index (Phi) is 6.14. The number of esters is 1. The number of hydrogen-bond donors (Lipinski definition) is 1. The SMILES string of the molecule is CCOC(=O)c1ccc(-c2nc3cc4[nH]ncc4cc3c(-c3ccc(F)c(OC)c3)c2C(C)C)cc1. The fourth-order valence-corrected chi connectivity index (χ4v) is 4.60. The van der Waals surface area contributed by atoms with E-state index in [1.165, 1.54) is 13.2 Å². The summed E-state index contributed by atoms with van der Waals surface area (Å²) in [4.78, 5) is 17.3. The molecule has 0 amide bonds. The van der Waals surface area contributed by atoms with Gasteiger partial charge < -0.3 is 9.47 Å². The molecule has 0 aliphatic rings. The van der Waals surface area contributed by atoms with Crippen molar-refractivity contribution < 1.29 is 18.7 Å². The summed E-state index contributed by atoms with van der Waals surface area (Å²) >= 11 is 0. The lowest BCUT2D eigenvalue weighted by Crippen LogP contribution is -2.05. The van der Waals surface area contributed by atoms with Crippen molar-refractivity contribution in [1.29, 1.82) is 0 Å². The Morgan fingerprint density at radius 3 is 2.50 bits per heavy atom. The van der Waals surface area contributed by atoms with E-state index in [1.807, 2.05) is 18.2 Å². The Labute approximate surface area is 208 Å². The van der Waals surface area contributed by atoms with Gasteiger partial charge in [0.2, 0.25) is 0 Å². The van der Waals surface area contributed by atoms with Gasteiger partial charge in [0.05, 0.1) is 42.2 Å². The van der Waals surface area contributed by atoms with Gasteiger partial charge in [-0.2, -0.15) is 5.10 Å². The van der Waals surface area contributed by atoms with E-state index in [-0.39, 0.29) is 17.6 Å². The minimum Gasteiger partial charge on any atom is -0.494 e. The lowest BCUT2D eigenvalue weighted by Gasteiger charge is -2.21. The van der Waals surface area contributed by atoms with E-state index in [1.54, 1.807) is 37.4 Å². The summed E-state index contributed by atoms with van der Waals surface area (Å²) in [5, 5.41) is 9.09. The summed E-state index contributed by atoms with van der Waals surface area (Å²) < 4.78 is 24.8. The van der Waals surface area contributed by atoms with E-state index >= 15 is 0 Å². The third-order valence-electron chi connectivity index (χ3n) is 6.27. The summed E-state index contributed by atoms with van der Waals surface area (Å²) in [5.41, 5.74) is 6.60. The Bertz CT molecular complexity index is 1590. The van der Waals surface area contributed by atoms with E-state index in [9.17, 15) is 9.18 Å². The second-order valence-corrected chi connectivity index (χ2v) is 8.88. The number of nitrogens with zero attached hydrogens (tertiary/aromatic N) is 2. The summed E-state index contributed by atoms with van der Waals surface area (Å²) in [6.07, 6.45) is 1.78. The van der Waals surface area contributed by atoms with Crippen LogP contribution in [0.15, 0.2) is 60.8 Å². The van der Waals surface area contributed by atoms with Gasteiger partial charge >= 0.3 is 5.97 Å². The molecule has 0 bridgehead atoms. The maximum Gasteiger partial charge on any atom is 0.338 e. The van der Waals surface area contributed by atoms with Crippen molar-refractivity contribution in [2.24, 2.45) is 0 Å². The number of pyridine rings is 1. The zero-order chi connectivity index (χ0) is 25.4. The zero-order valence-electron chi connectivity index (χ0n) is 20.6. The average Bonchev–Trinajstić information content (AvgIpc) is 3.34. The molecule has 5 rings (SSSR count). The number of H-pyrrole nitrogens is 1. The van der Waals surface area contributed by atoms with E-state index < -0.39 is 5.82 Å². The summed E-state index contributed by atoms with van der Waals surface area (Å²) in [7, 11) is 1.46. The first kappa shape index (κ1) is 23.5. The number of halogens is 1. The number of carbonyl (C=O) groups is 1. The van der Waals surface area contributed by atoms with Gasteiger partial charge in [-0.15, -0.1) is 0 Å². The lowest BCUT2D eigenvalue weighted by atomic mass is 9.86. The predicted molar refractivity (Wildman–Crippen MR) is 139 cm³/mol. The van der Waals surface area contributed by atoms with Crippen molar-refractivity contribution >= 4 is 27.8 Å². The Morgan fingerprint density at radius 1 is 1.06 bits per heavy atom. The molecule has 0 aliphatic carbocycles. The van der Waals surface area contributed by atoms with Gasteiger partial charge in [-0.3, -0.25) is 5.10 Å². The van der Waals surface area contributed by atoms with Gasteiger partial charge in [0.15, 0.2) is 11.6 Å². The molecule has 7 heteroatoms. The predicted octanol–water partition coefficient (Wildman–Crippen LogP) is 6.89. The number of ether oxygens (including phenoxy) is 2. The molecular weight excluding hydrogens is 457 g/mol. The van der Waals surface area contributed by atoms with Crippen molar-refractivity contribution in [2.45, 2.75) is 26.7 Å². The molecule has 0 spiro atoms. The molecule has 0 radical (unpaired) electrons. The summed E-state index contributed by atoms with van der Waals surface area (Å²) in [6, 6.07) is 16.2. The van der Waals surface area contributed by atoms with Crippen molar-refractivity contribution in [3.8, 4) is 28.1 Å². The topological polar surface area (TPSA) is 77.1 Å². The number of fused-ring (bicyclic) bond motifs is 2. The van der Waals surface area contributed by atoms with Crippen LogP contribution in [0, 0.1) is 5.82 Å². The van der Waals surface area contributed by atoms with Crippen molar-refractivity contribution in [1.82, 2.24) is 15.2 Å². The molecule has 0 aliphatic heterocycles. The number of benzene rings is 3. The minimum atomic E-state index is -0.419. The Balaban J connectivity index is 1.83. The average molecular weight is 484 g/mol. The molecule has 0 unspecified atom stereocenters. The van der Waals surface area contributed by atoms with E-state index in [0.717, 1.165) is 49.8 Å². The Hall–Kier alpha value is -4.26. The third-order valence-corrected chi connectivity index (χ3v) is 6.27. The highest BCUT2D eigenvalue weighted by molar-refractivity contribution is 6.05. The van der Waals surface area contributed by atoms with Gasteiger partial charge in [-0.25, -0.2) is 14.2 Å². The number of aromatic nitrogens is 3. The lowest BCUT2D eigenvalue weighted by molar-refractivity contribution is 0.0526. The van der Waals surface area contributed by atoms with Crippen molar-refractivity contribution in [2.75, 3.05) is 13.7 Å². The smallest absolute Gasteiger partial charge is 0.338 e. The first-order valence-electron chi connectivity index (χ1n) is 11.8. The molecule has 2 heterocycles. The van der Waals surface area contributed by atoms with Crippen LogP contribution >= 0.6 is 0 Å². The van der Waals surface area contributed by atoms with Crippen LogP contribution in [0.25, 0.3) is 44.2 Å². The highest BCUT2D eigenvalue weighted by atomic mass is 19.1. The van der Waals surface area contributed by atoms with Gasteiger partial charge in [-0.1, -0.05) is 32.0 Å². The summed E-state index contributed by atoms with van der Waals surface area (Å²) in [5.74, 6) is -0.511. The molecule has 0 atom stereocenters. The van der Waals surface area contributed by atoms with Crippen LogP contribution in [0.3, 0.4) is 0 Å². The molecule has 182 valence electrons. The molecule has 1 N–H and O–H groups in total. The van der Waals surface area contributed by atoms with E-state index in [4.69, 9.17) is 14.5 Å². The number of aromatic amines is 1. The molecular formula is C29H26FN3O3. The van der Waals surface area contributed by atoms with Crippen molar-refractivity contribution in [3.63, 3.8) is 0 Å². The number of nitrogens with one attached hydrogen (secondary N) is 1. The highest BCUT2D eigenvalue weighted by Crippen LogP contribution is 2.42. The molecule has 2 aromatic heterocycles. The monoisotopic (exact) mass is 483 g/mol. The molecule has 0 saturated carbocycles. The molecule has 5 aromatic rings. The first-order chi connectivity index (χ1) is 17.4. The first-order valence-corrected chi connectivity index (χ1v) is 11.8. The van der Waals surface area contributed by atoms with Gasteiger partial charge in [0.1, 0.15) is 0 Å². The molecule has 3 aromatic carbocycles. The molecule has 36 heavy (non-hydrogen) atoms. The van der Waals surface area contributed by atoms with E-state index in [0.29, 0.717) is 12.2 Å². The van der Waals surface area contributed by atoms with Crippen LogP contribution in [0.5, 0.6) is 5.75 Å². The third kappa shape index (κ3) is 4.06. The molecule has 6 nitrogen and oxygen atoms in total. The van der Waals surface area contributed by atoms with Gasteiger partial charge in [0.25, 0.3) is 0 Å². The van der Waals surface area contributed by atoms with Crippen LogP contribution in [-0.2, 0) is 4.74 Å². The fraction of sp³-hybridized carbons (Fsp3) is 0.207. The Morgan fingerprint density at radius 2 is 1.81 bits per heavy atom. The number of rotatable bonds is 6. The molecule has 0 fully saturated rings. The largest absolute Gasteiger partial charge is 0.494 e. The van der Waals surface area contributed by atoms with Crippen LogP contribution < -0.4 is 4.74 Å². The number of hydrogen-bond acceptors (Lipinski definition) is 5. The second-order valence-electron chi connectivity index (χ2n) is 8.88. The van der Waals surface area contributed by atoms with Crippen molar-refractivity contribution in [3.05, 3.63) is 77.7 Å². The van der Waals surface area contributed by atoms with E-state index in [2.05, 4.69) is 30.1 Å². The zero-order valence-corrected chi connectivity index (χ0v) is 20.6. The van der Waals surface area contributed by atoms with Crippen LogP contribution in [0.1, 0.15) is 42.6 Å². The molecule has 0 saturated heterocycles. The minimum absolute atomic E-state index is 0.0905. The number of carbonyl (C=O) groups excluding carboxylic acids is 1. The number of methoxy groups -OCH3 is 1. The quantitative estimate of drug-likeness (QED) is 0.266. The van der Waals surface area contributed by atoms with Gasteiger partial charge in [0, 0.05) is 16.3 Å². The van der Waals surface area contributed by atoms with Gasteiger partial charge in [-0.05, 0) is 65.9 Å². The normalized spacial score (nSPS) is 11.4. The standard InChI is InChI=1S/C29H26FN3O3/c1-5-36-29(34)18-8-6-17(7-9-18)28-26(16(2)3)27(19-10-11-22(30)25(13-19)35-4)21-12-20-15-31-33-23(20)14-24(21)32-28/h6-16H,5H2,1-4H3,(H,31,33).